The number of rotatable bonds is 4. The van der Waals surface area contributed by atoms with Crippen molar-refractivity contribution in [2.24, 2.45) is 0 Å². The summed E-state index contributed by atoms with van der Waals surface area (Å²) in [5.41, 5.74) is 0.816. The summed E-state index contributed by atoms with van der Waals surface area (Å²) in [6, 6.07) is 6.11. The first-order chi connectivity index (χ1) is 7.92. The van der Waals surface area contributed by atoms with E-state index >= 15 is 0 Å². The molecule has 1 rings (SSSR count). The predicted molar refractivity (Wildman–Crippen MR) is 56.5 cm³/mol. The fourth-order valence-electron chi connectivity index (χ4n) is 1.18. The highest BCUT2D eigenvalue weighted by atomic mass is 79.9. The molecule has 94 valence electrons. The van der Waals surface area contributed by atoms with E-state index in [1.165, 1.54) is 12.1 Å². The van der Waals surface area contributed by atoms with Gasteiger partial charge in [0.2, 0.25) is 0 Å². The van der Waals surface area contributed by atoms with E-state index in [0.29, 0.717) is 5.56 Å². The molecule has 0 bridgehead atoms. The summed E-state index contributed by atoms with van der Waals surface area (Å²) in [6.45, 7) is -0.490. The highest BCUT2D eigenvalue weighted by molar-refractivity contribution is 9.06. The Kier molecular flexibility index (Phi) is 4.95. The Morgan fingerprint density at radius 2 is 2.06 bits per heavy atom. The van der Waals surface area contributed by atoms with Gasteiger partial charge in [0, 0.05) is 0 Å². The first-order valence-corrected chi connectivity index (χ1v) is 5.19. The first-order valence-electron chi connectivity index (χ1n) is 4.55. The maximum Gasteiger partial charge on any atom is 0.522 e. The molecule has 0 heterocycles. The molecule has 17 heavy (non-hydrogen) atoms. The molecule has 0 aliphatic heterocycles. The monoisotopic (exact) mass is 312 g/mol. The van der Waals surface area contributed by atoms with Gasteiger partial charge >= 0.3 is 12.3 Å². The average molecular weight is 313 g/mol. The summed E-state index contributed by atoms with van der Waals surface area (Å²) in [7, 11) is 0. The Balaban J connectivity index is 2.57. The zero-order valence-electron chi connectivity index (χ0n) is 8.46. The second-order valence-electron chi connectivity index (χ2n) is 3.11. The van der Waals surface area contributed by atoms with E-state index in [-0.39, 0.29) is 12.0 Å². The molecule has 0 saturated heterocycles. The summed E-state index contributed by atoms with van der Waals surface area (Å²) < 4.78 is 43.1. The van der Waals surface area contributed by atoms with E-state index in [1.807, 2.05) is 0 Å². The van der Waals surface area contributed by atoms with Crippen molar-refractivity contribution in [2.75, 3.05) is 6.61 Å². The van der Waals surface area contributed by atoms with Crippen LogP contribution in [0.3, 0.4) is 0 Å². The molecule has 0 aromatic heterocycles. The zero-order chi connectivity index (χ0) is 12.9. The van der Waals surface area contributed by atoms with Crippen molar-refractivity contribution in [2.45, 2.75) is 12.8 Å². The lowest BCUT2D eigenvalue weighted by molar-refractivity contribution is -0.324. The highest BCUT2D eigenvalue weighted by Gasteiger charge is 2.28. The summed E-state index contributed by atoms with van der Waals surface area (Å²) >= 11 is 2.53. The Bertz CT molecular complexity index is 393. The fourth-order valence-corrected chi connectivity index (χ4v) is 1.37. The molecule has 0 aliphatic carbocycles. The number of alkyl halides is 3. The summed E-state index contributed by atoms with van der Waals surface area (Å²) in [5.74, 6) is -0.608. The summed E-state index contributed by atoms with van der Waals surface area (Å²) in [6.07, 6.45) is -4.57. The number of hydrogen-bond acceptors (Lipinski definition) is 3. The molecule has 0 N–H and O–H groups in total. The van der Waals surface area contributed by atoms with Crippen LogP contribution in [0.25, 0.3) is 0 Å². The van der Waals surface area contributed by atoms with Crippen molar-refractivity contribution in [1.29, 1.82) is 0 Å². The van der Waals surface area contributed by atoms with Crippen molar-refractivity contribution in [3.63, 3.8) is 0 Å². The van der Waals surface area contributed by atoms with Gasteiger partial charge < -0.3 is 3.83 Å². The second kappa shape index (κ2) is 6.02. The maximum absolute atomic E-state index is 11.7. The van der Waals surface area contributed by atoms with Crippen molar-refractivity contribution in [3.05, 3.63) is 35.4 Å². The lowest BCUT2D eigenvalue weighted by Crippen LogP contribution is -2.15. The quantitative estimate of drug-likeness (QED) is 0.856. The van der Waals surface area contributed by atoms with Crippen LogP contribution >= 0.6 is 16.3 Å². The van der Waals surface area contributed by atoms with E-state index in [1.54, 1.807) is 12.1 Å². The maximum atomic E-state index is 11.7. The third kappa shape index (κ3) is 5.18. The number of ether oxygens (including phenoxy) is 1. The molecule has 0 atom stereocenters. The highest BCUT2D eigenvalue weighted by Crippen LogP contribution is 2.17. The number of hydrogen-bond donors (Lipinski definition) is 0. The van der Waals surface area contributed by atoms with Gasteiger partial charge in [0.1, 0.15) is 0 Å². The van der Waals surface area contributed by atoms with Crippen LogP contribution in [0.15, 0.2) is 24.3 Å². The van der Waals surface area contributed by atoms with Crippen LogP contribution in [0.2, 0.25) is 0 Å². The minimum atomic E-state index is -4.63. The van der Waals surface area contributed by atoms with E-state index in [0.717, 1.165) is 0 Å². The van der Waals surface area contributed by atoms with Gasteiger partial charge in [-0.1, -0.05) is 12.1 Å². The van der Waals surface area contributed by atoms with Crippen molar-refractivity contribution in [1.82, 2.24) is 0 Å². The third-order valence-corrected chi connectivity index (χ3v) is 2.18. The molecule has 0 fully saturated rings. The van der Waals surface area contributed by atoms with Gasteiger partial charge in [0.05, 0.1) is 12.2 Å². The van der Waals surface area contributed by atoms with Gasteiger partial charge in [0.25, 0.3) is 0 Å². The van der Waals surface area contributed by atoms with Gasteiger partial charge in [-0.2, -0.15) is 0 Å². The van der Waals surface area contributed by atoms with Crippen LogP contribution in [0, 0.1) is 0 Å². The number of carbonyl (C=O) groups is 1. The van der Waals surface area contributed by atoms with Crippen LogP contribution < -0.4 is 0 Å². The lowest BCUT2D eigenvalue weighted by atomic mass is 10.1. The topological polar surface area (TPSA) is 35.5 Å². The van der Waals surface area contributed by atoms with Gasteiger partial charge in [0.15, 0.2) is 16.3 Å². The molecule has 7 heteroatoms. The average Bonchev–Trinajstić information content (AvgIpc) is 2.27. The Morgan fingerprint density at radius 3 is 2.65 bits per heavy atom. The SMILES string of the molecule is O=C(OBr)c1cccc(CCOC(F)(F)F)c1. The molecule has 1 aromatic carbocycles. The van der Waals surface area contributed by atoms with Crippen LogP contribution in [-0.2, 0) is 15.0 Å². The molecular weight excluding hydrogens is 305 g/mol. The van der Waals surface area contributed by atoms with Crippen LogP contribution in [0.4, 0.5) is 13.2 Å². The molecule has 0 radical (unpaired) electrons. The Hall–Kier alpha value is -1.08. The van der Waals surface area contributed by atoms with E-state index < -0.39 is 18.9 Å². The summed E-state index contributed by atoms with van der Waals surface area (Å²) in [5, 5.41) is 0. The fraction of sp³-hybridized carbons (Fsp3) is 0.300. The zero-order valence-corrected chi connectivity index (χ0v) is 10.0. The Labute approximate surface area is 104 Å². The van der Waals surface area contributed by atoms with Crippen molar-refractivity contribution >= 4 is 22.2 Å². The van der Waals surface area contributed by atoms with E-state index in [4.69, 9.17) is 0 Å². The molecule has 3 nitrogen and oxygen atoms in total. The molecular formula is C10H8BrF3O3. The molecule has 1 aromatic rings. The van der Waals surface area contributed by atoms with Crippen molar-refractivity contribution in [3.8, 4) is 0 Å². The largest absolute Gasteiger partial charge is 0.522 e. The van der Waals surface area contributed by atoms with Gasteiger partial charge in [-0.05, 0) is 24.1 Å². The van der Waals surface area contributed by atoms with Gasteiger partial charge in [-0.25, -0.2) is 4.79 Å². The third-order valence-electron chi connectivity index (χ3n) is 1.89. The number of carbonyl (C=O) groups excluding carboxylic acids is 1. The van der Waals surface area contributed by atoms with Crippen molar-refractivity contribution < 1.29 is 26.5 Å². The second-order valence-corrected chi connectivity index (χ2v) is 3.43. The first kappa shape index (κ1) is 14.0. The predicted octanol–water partition coefficient (Wildman–Crippen LogP) is 3.23. The van der Waals surface area contributed by atoms with E-state index in [9.17, 15) is 18.0 Å². The van der Waals surface area contributed by atoms with Gasteiger partial charge in [-0.15, -0.1) is 13.2 Å². The molecule has 0 spiro atoms. The molecule has 0 aliphatic rings. The van der Waals surface area contributed by atoms with Crippen LogP contribution in [0.5, 0.6) is 0 Å². The standard InChI is InChI=1S/C10H8BrF3O3/c11-17-9(15)8-3-1-2-7(6-8)4-5-16-10(12,13)14/h1-3,6H,4-5H2. The number of benzene rings is 1. The molecule has 0 unspecified atom stereocenters. The summed E-state index contributed by atoms with van der Waals surface area (Å²) in [4.78, 5) is 11.1. The minimum absolute atomic E-state index is 0.0584. The molecule has 0 saturated carbocycles. The Morgan fingerprint density at radius 1 is 1.35 bits per heavy atom. The lowest BCUT2D eigenvalue weighted by Gasteiger charge is -2.07. The van der Waals surface area contributed by atoms with Gasteiger partial charge in [-0.3, -0.25) is 4.74 Å². The minimum Gasteiger partial charge on any atom is -0.380 e. The normalized spacial score (nSPS) is 11.3. The van der Waals surface area contributed by atoms with Crippen LogP contribution in [0.1, 0.15) is 15.9 Å². The van der Waals surface area contributed by atoms with Crippen LogP contribution in [-0.4, -0.2) is 18.9 Å². The number of halogens is 4. The smallest absolute Gasteiger partial charge is 0.380 e. The molecule has 0 amide bonds. The van der Waals surface area contributed by atoms with E-state index in [2.05, 4.69) is 24.8 Å².